The smallest absolute Gasteiger partial charge is 0.292 e. The van der Waals surface area contributed by atoms with Crippen LogP contribution >= 0.6 is 0 Å². The largest absolute Gasteiger partial charge is 0.329 e. The van der Waals surface area contributed by atoms with E-state index in [0.717, 1.165) is 37.9 Å². The van der Waals surface area contributed by atoms with Gasteiger partial charge in [0.15, 0.2) is 0 Å². The Bertz CT molecular complexity index is 847. The summed E-state index contributed by atoms with van der Waals surface area (Å²) >= 11 is 0. The molecule has 0 aliphatic carbocycles. The molecule has 3 heteroatoms. The molecule has 0 fully saturated rings. The van der Waals surface area contributed by atoms with Crippen LogP contribution in [0.4, 0.5) is 0 Å². The summed E-state index contributed by atoms with van der Waals surface area (Å²) < 4.78 is 4.02. The van der Waals surface area contributed by atoms with Gasteiger partial charge in [-0.05, 0) is 62.5 Å². The summed E-state index contributed by atoms with van der Waals surface area (Å²) in [5.41, 5.74) is 5.32. The van der Waals surface area contributed by atoms with Crippen molar-refractivity contribution in [1.82, 2.24) is 9.13 Å². The van der Waals surface area contributed by atoms with Crippen molar-refractivity contribution in [2.24, 2.45) is 5.92 Å². The molecule has 1 aliphatic heterocycles. The van der Waals surface area contributed by atoms with E-state index in [1.54, 1.807) is 0 Å². The molecule has 2 heterocycles. The number of hydrogen-bond acceptors (Lipinski definition) is 1. The van der Waals surface area contributed by atoms with E-state index in [2.05, 4.69) is 58.9 Å². The second-order valence-electron chi connectivity index (χ2n) is 8.65. The average molecular weight is 341 g/mol. The Kier molecular flexibility index (Phi) is 4.95. The number of imidazole rings is 1. The highest BCUT2D eigenvalue weighted by Gasteiger charge is 2.31. The van der Waals surface area contributed by atoms with Crippen molar-refractivity contribution in [2.75, 3.05) is 0 Å². The second kappa shape index (κ2) is 6.86. The molecule has 0 saturated heterocycles. The third-order valence-corrected chi connectivity index (χ3v) is 5.78. The summed E-state index contributed by atoms with van der Waals surface area (Å²) in [6.07, 6.45) is 6.73. The van der Waals surface area contributed by atoms with Gasteiger partial charge in [-0.25, -0.2) is 4.79 Å². The fraction of sp³-hybridized carbons (Fsp3) is 0.591. The third-order valence-electron chi connectivity index (χ3n) is 5.78. The number of allylic oxidation sites excluding steroid dienone is 2. The zero-order chi connectivity index (χ0) is 18.2. The topological polar surface area (TPSA) is 26.9 Å². The quantitative estimate of drug-likeness (QED) is 0.659. The first-order valence-corrected chi connectivity index (χ1v) is 9.67. The molecule has 0 spiro atoms. The fourth-order valence-electron chi connectivity index (χ4n) is 4.02. The molecular weight excluding hydrogens is 308 g/mol. The summed E-state index contributed by atoms with van der Waals surface area (Å²) in [5, 5.41) is 0. The van der Waals surface area contributed by atoms with Gasteiger partial charge in [0.1, 0.15) is 0 Å². The number of nitrogens with zero attached hydrogens (tertiary/aromatic N) is 2. The lowest BCUT2D eigenvalue weighted by Crippen LogP contribution is -2.31. The maximum Gasteiger partial charge on any atom is 0.329 e. The first-order valence-electron chi connectivity index (χ1n) is 9.67. The number of aryl methyl sites for hydroxylation is 2. The molecule has 1 aromatic heterocycles. The number of hydrogen-bond donors (Lipinski definition) is 0. The van der Waals surface area contributed by atoms with Crippen LogP contribution in [0.1, 0.15) is 65.9 Å². The van der Waals surface area contributed by atoms with Gasteiger partial charge in [0.25, 0.3) is 0 Å². The van der Waals surface area contributed by atoms with E-state index in [1.807, 2.05) is 9.13 Å². The minimum Gasteiger partial charge on any atom is -0.292 e. The van der Waals surface area contributed by atoms with E-state index in [9.17, 15) is 4.79 Å². The van der Waals surface area contributed by atoms with Crippen LogP contribution in [0.15, 0.2) is 34.6 Å². The molecule has 25 heavy (non-hydrogen) atoms. The van der Waals surface area contributed by atoms with Crippen LogP contribution in [0, 0.1) is 5.92 Å². The second-order valence-corrected chi connectivity index (χ2v) is 8.65. The standard InChI is InChI=1S/C22H32N2O/c1-16(2)8-6-9-17(3)12-14-23-19-11-7-10-18-20(19)24(21(23)25)15-13-22(18,4)5/h7-8,10-11,17H,6,9,12-15H2,1-5H3/t17-/m1/s1. The molecule has 0 unspecified atom stereocenters. The lowest BCUT2D eigenvalue weighted by molar-refractivity contribution is 0.411. The van der Waals surface area contributed by atoms with Crippen molar-refractivity contribution in [3.05, 3.63) is 45.9 Å². The fourth-order valence-corrected chi connectivity index (χ4v) is 4.02. The summed E-state index contributed by atoms with van der Waals surface area (Å²) in [6, 6.07) is 6.43. The molecule has 136 valence electrons. The van der Waals surface area contributed by atoms with Crippen molar-refractivity contribution in [3.8, 4) is 0 Å². The van der Waals surface area contributed by atoms with Gasteiger partial charge in [-0.1, -0.05) is 44.6 Å². The molecule has 1 aliphatic rings. The molecule has 0 bridgehead atoms. The van der Waals surface area contributed by atoms with Crippen LogP contribution in [0.25, 0.3) is 11.0 Å². The zero-order valence-corrected chi connectivity index (χ0v) is 16.4. The van der Waals surface area contributed by atoms with Crippen molar-refractivity contribution in [1.29, 1.82) is 0 Å². The number of benzene rings is 1. The van der Waals surface area contributed by atoms with Crippen LogP contribution in [-0.4, -0.2) is 9.13 Å². The predicted octanol–water partition coefficient (Wildman–Crippen LogP) is 5.26. The highest BCUT2D eigenvalue weighted by molar-refractivity contribution is 5.81. The van der Waals surface area contributed by atoms with E-state index in [-0.39, 0.29) is 11.1 Å². The molecule has 1 atom stereocenters. The van der Waals surface area contributed by atoms with Crippen molar-refractivity contribution in [2.45, 2.75) is 78.8 Å². The third kappa shape index (κ3) is 3.47. The van der Waals surface area contributed by atoms with Gasteiger partial charge in [0.2, 0.25) is 0 Å². The van der Waals surface area contributed by atoms with Crippen molar-refractivity contribution >= 4 is 11.0 Å². The average Bonchev–Trinajstić information content (AvgIpc) is 2.81. The maximum absolute atomic E-state index is 12.9. The van der Waals surface area contributed by atoms with Gasteiger partial charge in [-0.2, -0.15) is 0 Å². The van der Waals surface area contributed by atoms with E-state index in [4.69, 9.17) is 0 Å². The van der Waals surface area contributed by atoms with Gasteiger partial charge in [-0.15, -0.1) is 0 Å². The first-order chi connectivity index (χ1) is 11.8. The minimum absolute atomic E-state index is 0.149. The predicted molar refractivity (Wildman–Crippen MR) is 106 cm³/mol. The molecule has 0 N–H and O–H groups in total. The maximum atomic E-state index is 12.9. The Labute approximate surface area is 151 Å². The SMILES string of the molecule is CC(C)=CCC[C@@H](C)CCn1c(=O)n2c3c(cccc31)C(C)(C)CC2. The van der Waals surface area contributed by atoms with E-state index in [1.165, 1.54) is 23.1 Å². The van der Waals surface area contributed by atoms with Gasteiger partial charge in [-0.3, -0.25) is 9.13 Å². The monoisotopic (exact) mass is 340 g/mol. The van der Waals surface area contributed by atoms with Crippen LogP contribution in [0.5, 0.6) is 0 Å². The first kappa shape index (κ1) is 18.0. The normalized spacial score (nSPS) is 16.8. The van der Waals surface area contributed by atoms with E-state index >= 15 is 0 Å². The Hall–Kier alpha value is -1.77. The zero-order valence-electron chi connectivity index (χ0n) is 16.4. The molecule has 2 aromatic rings. The van der Waals surface area contributed by atoms with Gasteiger partial charge >= 0.3 is 5.69 Å². The van der Waals surface area contributed by atoms with Gasteiger partial charge < -0.3 is 0 Å². The Morgan fingerprint density at radius 2 is 2.04 bits per heavy atom. The number of para-hydroxylation sites is 1. The Morgan fingerprint density at radius 3 is 2.76 bits per heavy atom. The van der Waals surface area contributed by atoms with Gasteiger partial charge in [0.05, 0.1) is 11.0 Å². The summed E-state index contributed by atoms with van der Waals surface area (Å²) in [4.78, 5) is 12.9. The van der Waals surface area contributed by atoms with Crippen LogP contribution in [0.2, 0.25) is 0 Å². The van der Waals surface area contributed by atoms with E-state index in [0.29, 0.717) is 5.92 Å². The number of rotatable bonds is 6. The van der Waals surface area contributed by atoms with Crippen molar-refractivity contribution in [3.63, 3.8) is 0 Å². The summed E-state index contributed by atoms with van der Waals surface area (Å²) in [6.45, 7) is 12.8. The highest BCUT2D eigenvalue weighted by Crippen LogP contribution is 2.36. The minimum atomic E-state index is 0.149. The Morgan fingerprint density at radius 1 is 1.28 bits per heavy atom. The van der Waals surface area contributed by atoms with Crippen LogP contribution in [-0.2, 0) is 18.5 Å². The molecule has 3 nitrogen and oxygen atoms in total. The lowest BCUT2D eigenvalue weighted by Gasteiger charge is -2.30. The molecule has 0 radical (unpaired) electrons. The van der Waals surface area contributed by atoms with Crippen LogP contribution < -0.4 is 5.69 Å². The molecule has 0 saturated carbocycles. The van der Waals surface area contributed by atoms with E-state index < -0.39 is 0 Å². The molecule has 1 aromatic carbocycles. The van der Waals surface area contributed by atoms with Crippen LogP contribution in [0.3, 0.4) is 0 Å². The number of aromatic nitrogens is 2. The Balaban J connectivity index is 1.84. The molecular formula is C22H32N2O. The highest BCUT2D eigenvalue weighted by atomic mass is 16.1. The van der Waals surface area contributed by atoms with Gasteiger partial charge in [0, 0.05) is 13.1 Å². The lowest BCUT2D eigenvalue weighted by atomic mass is 9.79. The summed E-state index contributed by atoms with van der Waals surface area (Å²) in [7, 11) is 0. The summed E-state index contributed by atoms with van der Waals surface area (Å²) in [5.74, 6) is 0.630. The molecule has 0 amide bonds. The van der Waals surface area contributed by atoms with Crippen molar-refractivity contribution < 1.29 is 0 Å². The molecule has 3 rings (SSSR count).